The number of aliphatic hydroxyl groups excluding tert-OH is 2. The summed E-state index contributed by atoms with van der Waals surface area (Å²) in [6.07, 6.45) is -0.174. The zero-order valence-electron chi connectivity index (χ0n) is 10.5. The Hall–Kier alpha value is -0.650. The van der Waals surface area contributed by atoms with E-state index in [1.807, 2.05) is 0 Å². The molecule has 0 radical (unpaired) electrons. The Labute approximate surface area is 97.7 Å². The van der Waals surface area contributed by atoms with Crippen molar-refractivity contribution < 1.29 is 20.1 Å². The molecule has 98 valence electrons. The van der Waals surface area contributed by atoms with E-state index in [9.17, 15) is 4.79 Å². The van der Waals surface area contributed by atoms with E-state index in [0.29, 0.717) is 0 Å². The molecule has 0 fully saturated rings. The van der Waals surface area contributed by atoms with E-state index in [1.54, 1.807) is 0 Å². The van der Waals surface area contributed by atoms with E-state index in [0.717, 1.165) is 0 Å². The Kier molecular flexibility index (Phi) is 13.8. The second-order valence-corrected chi connectivity index (χ2v) is 3.45. The van der Waals surface area contributed by atoms with Crippen LogP contribution < -0.4 is 0 Å². The third-order valence-corrected chi connectivity index (χ3v) is 2.32. The molecule has 0 aromatic carbocycles. The van der Waals surface area contributed by atoms with Crippen LogP contribution in [0.15, 0.2) is 0 Å². The normalized spacial score (nSPS) is 10.2. The number of rotatable bonds is 7. The van der Waals surface area contributed by atoms with Crippen molar-refractivity contribution >= 4 is 5.97 Å². The number of hydrogen-bond donors (Lipinski definition) is 3. The number of hydrogen-bond acceptors (Lipinski definition) is 4. The van der Waals surface area contributed by atoms with Crippen molar-refractivity contribution in [2.24, 2.45) is 5.92 Å². The smallest absolute Gasteiger partial charge is 0.303 e. The number of carboxylic acid groups (broad SMARTS) is 1. The van der Waals surface area contributed by atoms with Crippen LogP contribution in [0.4, 0.5) is 0 Å². The maximum absolute atomic E-state index is 9.91. The van der Waals surface area contributed by atoms with Gasteiger partial charge in [-0.25, -0.2) is 0 Å². The molecule has 0 aliphatic heterocycles. The van der Waals surface area contributed by atoms with Crippen LogP contribution in [-0.4, -0.2) is 59.0 Å². The molecule has 3 N–H and O–H groups in total. The molecule has 5 nitrogen and oxygen atoms in total. The van der Waals surface area contributed by atoms with Crippen LogP contribution in [-0.2, 0) is 4.79 Å². The van der Waals surface area contributed by atoms with Crippen LogP contribution >= 0.6 is 0 Å². The lowest BCUT2D eigenvalue weighted by atomic mass is 10.1. The number of aliphatic carboxylic acids is 1. The molecule has 0 atom stereocenters. The molecule has 0 rings (SSSR count). The van der Waals surface area contributed by atoms with Crippen LogP contribution in [0.1, 0.15) is 27.2 Å². The Balaban J connectivity index is 0. The van der Waals surface area contributed by atoms with Gasteiger partial charge >= 0.3 is 5.97 Å². The molecule has 0 aromatic heterocycles. The second kappa shape index (κ2) is 12.4. The minimum absolute atomic E-state index is 0.174. The highest BCUT2D eigenvalue weighted by Crippen LogP contribution is 1.98. The monoisotopic (exact) mass is 235 g/mol. The first-order valence-electron chi connectivity index (χ1n) is 5.71. The Morgan fingerprint density at radius 1 is 1.06 bits per heavy atom. The molecule has 16 heavy (non-hydrogen) atoms. The molecule has 0 saturated heterocycles. The topological polar surface area (TPSA) is 81.0 Å². The SMILES string of the molecule is CCN(CC)CC.O=C(O)CC(CO)CO. The van der Waals surface area contributed by atoms with Gasteiger partial charge in [-0.15, -0.1) is 0 Å². The van der Waals surface area contributed by atoms with Crippen LogP contribution in [0.3, 0.4) is 0 Å². The van der Waals surface area contributed by atoms with Gasteiger partial charge in [-0.05, 0) is 19.6 Å². The molecule has 0 spiro atoms. The summed E-state index contributed by atoms with van der Waals surface area (Å²) in [6.45, 7) is 9.57. The fourth-order valence-corrected chi connectivity index (χ4v) is 1.10. The Morgan fingerprint density at radius 2 is 1.44 bits per heavy atom. The highest BCUT2D eigenvalue weighted by molar-refractivity contribution is 5.67. The molecular weight excluding hydrogens is 210 g/mol. The minimum atomic E-state index is -0.997. The molecule has 0 unspecified atom stereocenters. The molecular formula is C11H25NO4. The fraction of sp³-hybridized carbons (Fsp3) is 0.909. The van der Waals surface area contributed by atoms with Crippen molar-refractivity contribution in [2.45, 2.75) is 27.2 Å². The number of aliphatic hydroxyl groups is 2. The zero-order chi connectivity index (χ0) is 13.0. The van der Waals surface area contributed by atoms with Gasteiger partial charge < -0.3 is 20.2 Å². The molecule has 5 heteroatoms. The van der Waals surface area contributed by atoms with Crippen molar-refractivity contribution in [1.29, 1.82) is 0 Å². The van der Waals surface area contributed by atoms with E-state index >= 15 is 0 Å². The van der Waals surface area contributed by atoms with Crippen molar-refractivity contribution in [3.8, 4) is 0 Å². The summed E-state index contributed by atoms with van der Waals surface area (Å²) < 4.78 is 0. The van der Waals surface area contributed by atoms with Gasteiger partial charge in [0.25, 0.3) is 0 Å². The van der Waals surface area contributed by atoms with E-state index in [2.05, 4.69) is 25.7 Å². The van der Waals surface area contributed by atoms with E-state index < -0.39 is 11.9 Å². The quantitative estimate of drug-likeness (QED) is 0.595. The van der Waals surface area contributed by atoms with Crippen LogP contribution in [0.2, 0.25) is 0 Å². The van der Waals surface area contributed by atoms with Gasteiger partial charge in [-0.3, -0.25) is 4.79 Å². The lowest BCUT2D eigenvalue weighted by molar-refractivity contribution is -0.138. The van der Waals surface area contributed by atoms with Gasteiger partial charge in [0.15, 0.2) is 0 Å². The first-order chi connectivity index (χ1) is 7.55. The van der Waals surface area contributed by atoms with Gasteiger partial charge in [-0.2, -0.15) is 0 Å². The lowest BCUT2D eigenvalue weighted by Gasteiger charge is -2.13. The summed E-state index contributed by atoms with van der Waals surface area (Å²) >= 11 is 0. The maximum atomic E-state index is 9.91. The fourth-order valence-electron chi connectivity index (χ4n) is 1.10. The highest BCUT2D eigenvalue weighted by Gasteiger charge is 2.09. The molecule has 0 aliphatic carbocycles. The summed E-state index contributed by atoms with van der Waals surface area (Å²) in [5.41, 5.74) is 0. The van der Waals surface area contributed by atoms with Gasteiger partial charge in [0.05, 0.1) is 6.42 Å². The van der Waals surface area contributed by atoms with Crippen molar-refractivity contribution in [2.75, 3.05) is 32.8 Å². The zero-order valence-corrected chi connectivity index (χ0v) is 10.5. The third kappa shape index (κ3) is 11.4. The predicted molar refractivity (Wildman–Crippen MR) is 63.4 cm³/mol. The molecule has 0 aliphatic rings. The van der Waals surface area contributed by atoms with E-state index in [4.69, 9.17) is 15.3 Å². The second-order valence-electron chi connectivity index (χ2n) is 3.45. The maximum Gasteiger partial charge on any atom is 0.303 e. The van der Waals surface area contributed by atoms with Gasteiger partial charge in [0, 0.05) is 19.1 Å². The van der Waals surface area contributed by atoms with Crippen LogP contribution in [0, 0.1) is 5.92 Å². The number of carboxylic acids is 1. The molecule has 0 bridgehead atoms. The molecule has 0 heterocycles. The Morgan fingerprint density at radius 3 is 1.50 bits per heavy atom. The van der Waals surface area contributed by atoms with Crippen molar-refractivity contribution in [3.05, 3.63) is 0 Å². The summed E-state index contributed by atoms with van der Waals surface area (Å²) in [5.74, 6) is -1.51. The average Bonchev–Trinajstić information content (AvgIpc) is 2.29. The Bertz CT molecular complexity index is 151. The number of carbonyl (C=O) groups is 1. The minimum Gasteiger partial charge on any atom is -0.481 e. The lowest BCUT2D eigenvalue weighted by Crippen LogP contribution is -2.21. The van der Waals surface area contributed by atoms with E-state index in [1.165, 1.54) is 19.6 Å². The first kappa shape index (κ1) is 17.7. The van der Waals surface area contributed by atoms with Crippen LogP contribution in [0.5, 0.6) is 0 Å². The number of nitrogens with zero attached hydrogens (tertiary/aromatic N) is 1. The molecule has 0 saturated carbocycles. The van der Waals surface area contributed by atoms with Gasteiger partial charge in [0.2, 0.25) is 0 Å². The van der Waals surface area contributed by atoms with Crippen molar-refractivity contribution in [3.63, 3.8) is 0 Å². The van der Waals surface area contributed by atoms with Gasteiger partial charge in [-0.1, -0.05) is 20.8 Å². The standard InChI is InChI=1S/C6H15N.C5H10O4/c1-4-7(5-2)6-3;6-2-4(3-7)1-5(8)9/h4-6H2,1-3H3;4,6-7H,1-3H2,(H,8,9). The van der Waals surface area contributed by atoms with E-state index in [-0.39, 0.29) is 19.6 Å². The molecule has 0 amide bonds. The summed E-state index contributed by atoms with van der Waals surface area (Å²) in [7, 11) is 0. The third-order valence-electron chi connectivity index (χ3n) is 2.32. The average molecular weight is 235 g/mol. The predicted octanol–water partition coefficient (Wildman–Crippen LogP) is 0.410. The van der Waals surface area contributed by atoms with Crippen LogP contribution in [0.25, 0.3) is 0 Å². The largest absolute Gasteiger partial charge is 0.481 e. The van der Waals surface area contributed by atoms with Crippen molar-refractivity contribution in [1.82, 2.24) is 4.90 Å². The van der Waals surface area contributed by atoms with Gasteiger partial charge in [0.1, 0.15) is 0 Å². The highest BCUT2D eigenvalue weighted by atomic mass is 16.4. The molecule has 0 aromatic rings. The summed E-state index contributed by atoms with van der Waals surface area (Å²) in [6, 6.07) is 0. The first-order valence-corrected chi connectivity index (χ1v) is 5.71. The summed E-state index contributed by atoms with van der Waals surface area (Å²) in [5, 5.41) is 24.8. The summed E-state index contributed by atoms with van der Waals surface area (Å²) in [4.78, 5) is 12.3.